The molecule has 21 heavy (non-hydrogen) atoms. The molecule has 0 saturated carbocycles. The fourth-order valence-corrected chi connectivity index (χ4v) is 1.68. The highest BCUT2D eigenvalue weighted by Gasteiger charge is 2.30. The molecule has 1 atom stereocenters. The highest BCUT2D eigenvalue weighted by Crippen LogP contribution is 2.22. The van der Waals surface area contributed by atoms with E-state index < -0.39 is 23.1 Å². The Bertz CT molecular complexity index is 715. The predicted molar refractivity (Wildman–Crippen MR) is 68.8 cm³/mol. The van der Waals surface area contributed by atoms with E-state index in [0.29, 0.717) is 0 Å². The quantitative estimate of drug-likeness (QED) is 0.936. The SMILES string of the molecule is CC(C#N)(NC(=O)c1cnccn1)c1ccc(F)c(F)c1. The minimum absolute atomic E-state index is 0.0153. The van der Waals surface area contributed by atoms with Crippen molar-refractivity contribution in [1.29, 1.82) is 5.26 Å². The molecule has 0 spiro atoms. The molecule has 1 unspecified atom stereocenters. The molecule has 7 heteroatoms. The third-order valence-electron chi connectivity index (χ3n) is 2.88. The first kappa shape index (κ1) is 14.5. The molecule has 0 aliphatic rings. The van der Waals surface area contributed by atoms with Crippen LogP contribution in [0.2, 0.25) is 0 Å². The van der Waals surface area contributed by atoms with Crippen LogP contribution in [0.5, 0.6) is 0 Å². The second-order valence-corrected chi connectivity index (χ2v) is 4.41. The van der Waals surface area contributed by atoms with Gasteiger partial charge < -0.3 is 5.32 Å². The summed E-state index contributed by atoms with van der Waals surface area (Å²) >= 11 is 0. The van der Waals surface area contributed by atoms with Gasteiger partial charge in [-0.05, 0) is 24.6 Å². The Kier molecular flexibility index (Phi) is 3.89. The van der Waals surface area contributed by atoms with E-state index in [4.69, 9.17) is 0 Å². The molecule has 5 nitrogen and oxygen atoms in total. The molecule has 0 aliphatic heterocycles. The molecule has 1 aromatic heterocycles. The van der Waals surface area contributed by atoms with Gasteiger partial charge in [0.2, 0.25) is 0 Å². The third-order valence-corrected chi connectivity index (χ3v) is 2.88. The Balaban J connectivity index is 2.32. The number of nitriles is 1. The van der Waals surface area contributed by atoms with E-state index in [-0.39, 0.29) is 11.3 Å². The maximum atomic E-state index is 13.3. The van der Waals surface area contributed by atoms with Crippen molar-refractivity contribution in [2.45, 2.75) is 12.5 Å². The average molecular weight is 288 g/mol. The summed E-state index contributed by atoms with van der Waals surface area (Å²) in [6.07, 6.45) is 3.96. The first-order valence-electron chi connectivity index (χ1n) is 5.91. The second kappa shape index (κ2) is 5.63. The minimum Gasteiger partial charge on any atom is -0.329 e. The summed E-state index contributed by atoms with van der Waals surface area (Å²) in [5.41, 5.74) is -1.38. The summed E-state index contributed by atoms with van der Waals surface area (Å²) in [5, 5.41) is 11.7. The maximum absolute atomic E-state index is 13.3. The van der Waals surface area contributed by atoms with Gasteiger partial charge in [0.1, 0.15) is 5.69 Å². The lowest BCUT2D eigenvalue weighted by Crippen LogP contribution is -2.42. The Morgan fingerprint density at radius 3 is 2.67 bits per heavy atom. The Labute approximate surface area is 119 Å². The lowest BCUT2D eigenvalue weighted by Gasteiger charge is -2.23. The predicted octanol–water partition coefficient (Wildman–Crippen LogP) is 1.92. The van der Waals surface area contributed by atoms with Crippen molar-refractivity contribution in [2.75, 3.05) is 0 Å². The number of amides is 1. The van der Waals surface area contributed by atoms with Crippen LogP contribution in [0.1, 0.15) is 23.0 Å². The summed E-state index contributed by atoms with van der Waals surface area (Å²) in [7, 11) is 0. The number of halogens is 2. The Hall–Kier alpha value is -2.88. The van der Waals surface area contributed by atoms with E-state index in [1.54, 1.807) is 0 Å². The topological polar surface area (TPSA) is 78.7 Å². The lowest BCUT2D eigenvalue weighted by molar-refractivity contribution is 0.0918. The summed E-state index contributed by atoms with van der Waals surface area (Å²) < 4.78 is 26.2. The summed E-state index contributed by atoms with van der Waals surface area (Å²) in [6, 6.07) is 4.88. The molecule has 0 bridgehead atoms. The van der Waals surface area contributed by atoms with E-state index in [1.807, 2.05) is 6.07 Å². The van der Waals surface area contributed by atoms with Gasteiger partial charge >= 0.3 is 0 Å². The van der Waals surface area contributed by atoms with Gasteiger partial charge in [0, 0.05) is 12.4 Å². The smallest absolute Gasteiger partial charge is 0.272 e. The third kappa shape index (κ3) is 3.00. The number of rotatable bonds is 3. The standard InChI is InChI=1S/C14H10F2N4O/c1-14(8-17,9-2-3-10(15)11(16)6-9)20-13(21)12-7-18-4-5-19-12/h2-7H,1H3,(H,20,21). The van der Waals surface area contributed by atoms with Gasteiger partial charge in [0.15, 0.2) is 17.2 Å². The molecule has 1 aromatic carbocycles. The van der Waals surface area contributed by atoms with Crippen LogP contribution in [0.15, 0.2) is 36.8 Å². The molecule has 0 aliphatic carbocycles. The lowest BCUT2D eigenvalue weighted by atomic mass is 9.93. The van der Waals surface area contributed by atoms with E-state index >= 15 is 0 Å². The van der Waals surface area contributed by atoms with Crippen LogP contribution in [0, 0.1) is 23.0 Å². The summed E-state index contributed by atoms with van der Waals surface area (Å²) in [6.45, 7) is 1.38. The molecule has 106 valence electrons. The molecule has 0 radical (unpaired) electrons. The normalized spacial score (nSPS) is 13.0. The van der Waals surface area contributed by atoms with Gasteiger partial charge in [-0.2, -0.15) is 5.26 Å². The molecule has 1 heterocycles. The fourth-order valence-electron chi connectivity index (χ4n) is 1.68. The number of nitrogens with one attached hydrogen (secondary N) is 1. The van der Waals surface area contributed by atoms with Crippen LogP contribution in [0.3, 0.4) is 0 Å². The van der Waals surface area contributed by atoms with Crippen LogP contribution in [-0.2, 0) is 5.54 Å². The first-order valence-corrected chi connectivity index (χ1v) is 5.91. The van der Waals surface area contributed by atoms with Crippen molar-refractivity contribution in [1.82, 2.24) is 15.3 Å². The first-order chi connectivity index (χ1) is 9.96. The molecular weight excluding hydrogens is 278 g/mol. The van der Waals surface area contributed by atoms with Crippen molar-refractivity contribution < 1.29 is 13.6 Å². The zero-order valence-electron chi connectivity index (χ0n) is 11.0. The molecule has 2 rings (SSSR count). The van der Waals surface area contributed by atoms with Gasteiger partial charge in [0.05, 0.1) is 12.3 Å². The molecule has 0 fully saturated rings. The molecule has 2 aromatic rings. The maximum Gasteiger partial charge on any atom is 0.272 e. The van der Waals surface area contributed by atoms with E-state index in [0.717, 1.165) is 12.1 Å². The number of carbonyl (C=O) groups is 1. The monoisotopic (exact) mass is 288 g/mol. The van der Waals surface area contributed by atoms with E-state index in [2.05, 4.69) is 15.3 Å². The van der Waals surface area contributed by atoms with Gasteiger partial charge in [-0.3, -0.25) is 9.78 Å². The summed E-state index contributed by atoms with van der Waals surface area (Å²) in [5.74, 6) is -2.76. The molecule has 0 saturated heterocycles. The number of hydrogen-bond donors (Lipinski definition) is 1. The Morgan fingerprint density at radius 2 is 2.10 bits per heavy atom. The van der Waals surface area contributed by atoms with Crippen LogP contribution in [0.4, 0.5) is 8.78 Å². The number of hydrogen-bond acceptors (Lipinski definition) is 4. The largest absolute Gasteiger partial charge is 0.329 e. The zero-order valence-corrected chi connectivity index (χ0v) is 11.0. The number of nitrogens with zero attached hydrogens (tertiary/aromatic N) is 3. The van der Waals surface area contributed by atoms with Crippen LogP contribution >= 0.6 is 0 Å². The van der Waals surface area contributed by atoms with Crippen molar-refractivity contribution in [3.63, 3.8) is 0 Å². The minimum atomic E-state index is -1.52. The highest BCUT2D eigenvalue weighted by molar-refractivity contribution is 5.92. The number of carbonyl (C=O) groups excluding carboxylic acids is 1. The average Bonchev–Trinajstić information content (AvgIpc) is 2.50. The summed E-state index contributed by atoms with van der Waals surface area (Å²) in [4.78, 5) is 19.6. The second-order valence-electron chi connectivity index (χ2n) is 4.41. The molecule has 1 N–H and O–H groups in total. The number of aromatic nitrogens is 2. The van der Waals surface area contributed by atoms with Gasteiger partial charge in [-0.15, -0.1) is 0 Å². The van der Waals surface area contributed by atoms with E-state index in [1.165, 1.54) is 31.6 Å². The van der Waals surface area contributed by atoms with Gasteiger partial charge in [-0.25, -0.2) is 13.8 Å². The molecule has 1 amide bonds. The van der Waals surface area contributed by atoms with Gasteiger partial charge in [-0.1, -0.05) is 6.07 Å². The van der Waals surface area contributed by atoms with E-state index in [9.17, 15) is 18.8 Å². The fraction of sp³-hybridized carbons (Fsp3) is 0.143. The van der Waals surface area contributed by atoms with Gasteiger partial charge in [0.25, 0.3) is 5.91 Å². The van der Waals surface area contributed by atoms with Crippen molar-refractivity contribution in [2.24, 2.45) is 0 Å². The molecular formula is C14H10F2N4O. The van der Waals surface area contributed by atoms with Crippen molar-refractivity contribution >= 4 is 5.91 Å². The number of benzene rings is 1. The highest BCUT2D eigenvalue weighted by atomic mass is 19.2. The Morgan fingerprint density at radius 1 is 1.33 bits per heavy atom. The van der Waals surface area contributed by atoms with Crippen molar-refractivity contribution in [3.8, 4) is 6.07 Å². The van der Waals surface area contributed by atoms with Crippen molar-refractivity contribution in [3.05, 3.63) is 59.7 Å². The van der Waals surface area contributed by atoms with Crippen LogP contribution in [0.25, 0.3) is 0 Å². The van der Waals surface area contributed by atoms with Crippen LogP contribution < -0.4 is 5.32 Å². The van der Waals surface area contributed by atoms with Crippen LogP contribution in [-0.4, -0.2) is 15.9 Å². The zero-order chi connectivity index (χ0) is 15.5.